The molecule has 0 bridgehead atoms. The van der Waals surface area contributed by atoms with Gasteiger partial charge in [0.15, 0.2) is 0 Å². The molecular weight excluding hydrogens is 198 g/mol. The van der Waals surface area contributed by atoms with Crippen LogP contribution >= 0.6 is 0 Å². The Hall–Kier alpha value is -1.00. The van der Waals surface area contributed by atoms with Crippen LogP contribution in [0, 0.1) is 11.6 Å². The first-order valence-corrected chi connectivity index (χ1v) is 4.81. The molecule has 0 aliphatic rings. The van der Waals surface area contributed by atoms with Gasteiger partial charge >= 0.3 is 0 Å². The summed E-state index contributed by atoms with van der Waals surface area (Å²) >= 11 is 0. The fraction of sp³-hybridized carbons (Fsp3) is 0.455. The fourth-order valence-electron chi connectivity index (χ4n) is 1.50. The quantitative estimate of drug-likeness (QED) is 0.822. The maximum absolute atomic E-state index is 13.0. The number of rotatable bonds is 4. The highest BCUT2D eigenvalue weighted by atomic mass is 19.1. The molecule has 0 amide bonds. The third kappa shape index (κ3) is 3.57. The molecular formula is C11H16F2N2. The third-order valence-corrected chi connectivity index (χ3v) is 2.18. The molecule has 0 saturated carbocycles. The van der Waals surface area contributed by atoms with Gasteiger partial charge in [-0.15, -0.1) is 0 Å². The Morgan fingerprint density at radius 3 is 2.13 bits per heavy atom. The monoisotopic (exact) mass is 214 g/mol. The SMILES string of the molecule is CNC(CN(C)C)c1cc(F)cc(F)c1. The Morgan fingerprint density at radius 2 is 1.73 bits per heavy atom. The van der Waals surface area contributed by atoms with Gasteiger partial charge in [0.2, 0.25) is 0 Å². The van der Waals surface area contributed by atoms with E-state index in [0.717, 1.165) is 6.07 Å². The van der Waals surface area contributed by atoms with E-state index < -0.39 is 11.6 Å². The van der Waals surface area contributed by atoms with Crippen LogP contribution in [0.1, 0.15) is 11.6 Å². The summed E-state index contributed by atoms with van der Waals surface area (Å²) in [5.74, 6) is -1.08. The Labute approximate surface area is 88.9 Å². The molecule has 1 rings (SSSR count). The van der Waals surface area contributed by atoms with Gasteiger partial charge in [0, 0.05) is 18.7 Å². The molecule has 2 nitrogen and oxygen atoms in total. The largest absolute Gasteiger partial charge is 0.312 e. The zero-order valence-corrected chi connectivity index (χ0v) is 9.22. The van der Waals surface area contributed by atoms with E-state index in [1.807, 2.05) is 19.0 Å². The van der Waals surface area contributed by atoms with Gasteiger partial charge < -0.3 is 10.2 Å². The molecule has 1 aromatic carbocycles. The van der Waals surface area contributed by atoms with E-state index in [0.29, 0.717) is 12.1 Å². The van der Waals surface area contributed by atoms with Crippen LogP contribution in [-0.2, 0) is 0 Å². The first-order chi connectivity index (χ1) is 7.02. The molecule has 1 aromatic rings. The van der Waals surface area contributed by atoms with Crippen LogP contribution in [0.2, 0.25) is 0 Å². The molecule has 0 radical (unpaired) electrons. The Kier molecular flexibility index (Phi) is 4.17. The zero-order chi connectivity index (χ0) is 11.4. The summed E-state index contributed by atoms with van der Waals surface area (Å²) < 4.78 is 26.0. The smallest absolute Gasteiger partial charge is 0.126 e. The van der Waals surface area contributed by atoms with Crippen LogP contribution in [0.3, 0.4) is 0 Å². The van der Waals surface area contributed by atoms with Gasteiger partial charge in [0.05, 0.1) is 0 Å². The maximum Gasteiger partial charge on any atom is 0.126 e. The normalized spacial score (nSPS) is 13.2. The fourth-order valence-corrected chi connectivity index (χ4v) is 1.50. The lowest BCUT2D eigenvalue weighted by Crippen LogP contribution is -2.28. The van der Waals surface area contributed by atoms with Crippen molar-refractivity contribution < 1.29 is 8.78 Å². The summed E-state index contributed by atoms with van der Waals surface area (Å²) in [6.45, 7) is 0.694. The average molecular weight is 214 g/mol. The van der Waals surface area contributed by atoms with Crippen molar-refractivity contribution >= 4 is 0 Å². The standard InChI is InChI=1S/C11H16F2N2/c1-14-11(7-15(2)3)8-4-9(12)6-10(13)5-8/h4-6,11,14H,7H2,1-3H3. The number of hydrogen-bond donors (Lipinski definition) is 1. The summed E-state index contributed by atoms with van der Waals surface area (Å²) in [6.07, 6.45) is 0. The minimum absolute atomic E-state index is 0.0646. The predicted octanol–water partition coefficient (Wildman–Crippen LogP) is 1.79. The van der Waals surface area contributed by atoms with Crippen LogP contribution in [0.25, 0.3) is 0 Å². The van der Waals surface area contributed by atoms with E-state index in [-0.39, 0.29) is 6.04 Å². The number of nitrogens with zero attached hydrogens (tertiary/aromatic N) is 1. The highest BCUT2D eigenvalue weighted by Crippen LogP contribution is 2.16. The molecule has 1 unspecified atom stereocenters. The summed E-state index contributed by atoms with van der Waals surface area (Å²) in [5.41, 5.74) is 0.628. The summed E-state index contributed by atoms with van der Waals surface area (Å²) in [4.78, 5) is 1.96. The van der Waals surface area contributed by atoms with Crippen molar-refractivity contribution in [2.75, 3.05) is 27.7 Å². The maximum atomic E-state index is 13.0. The predicted molar refractivity (Wildman–Crippen MR) is 56.7 cm³/mol. The van der Waals surface area contributed by atoms with Gasteiger partial charge in [-0.2, -0.15) is 0 Å². The van der Waals surface area contributed by atoms with Crippen LogP contribution < -0.4 is 5.32 Å². The van der Waals surface area contributed by atoms with E-state index >= 15 is 0 Å². The number of hydrogen-bond acceptors (Lipinski definition) is 2. The lowest BCUT2D eigenvalue weighted by molar-refractivity contribution is 0.351. The molecule has 1 N–H and O–H groups in total. The lowest BCUT2D eigenvalue weighted by Gasteiger charge is -2.21. The van der Waals surface area contributed by atoms with Crippen LogP contribution in [-0.4, -0.2) is 32.6 Å². The third-order valence-electron chi connectivity index (χ3n) is 2.18. The highest BCUT2D eigenvalue weighted by molar-refractivity contribution is 5.21. The Morgan fingerprint density at radius 1 is 1.20 bits per heavy atom. The lowest BCUT2D eigenvalue weighted by atomic mass is 10.1. The van der Waals surface area contributed by atoms with E-state index in [4.69, 9.17) is 0 Å². The van der Waals surface area contributed by atoms with Gasteiger partial charge in [-0.05, 0) is 38.8 Å². The van der Waals surface area contributed by atoms with E-state index in [1.165, 1.54) is 12.1 Å². The molecule has 0 spiro atoms. The first kappa shape index (κ1) is 12.1. The van der Waals surface area contributed by atoms with Gasteiger partial charge in [0.25, 0.3) is 0 Å². The molecule has 84 valence electrons. The van der Waals surface area contributed by atoms with Crippen molar-refractivity contribution in [1.82, 2.24) is 10.2 Å². The number of nitrogens with one attached hydrogen (secondary N) is 1. The minimum atomic E-state index is -0.538. The number of likely N-dealkylation sites (N-methyl/N-ethyl adjacent to an activating group) is 2. The van der Waals surface area contributed by atoms with Crippen molar-refractivity contribution in [3.05, 3.63) is 35.4 Å². The molecule has 1 atom stereocenters. The molecule has 0 saturated heterocycles. The van der Waals surface area contributed by atoms with E-state index in [9.17, 15) is 8.78 Å². The van der Waals surface area contributed by atoms with Gasteiger partial charge in [-0.1, -0.05) is 0 Å². The van der Waals surface area contributed by atoms with Crippen molar-refractivity contribution in [2.45, 2.75) is 6.04 Å². The first-order valence-electron chi connectivity index (χ1n) is 4.81. The summed E-state index contributed by atoms with van der Waals surface area (Å²) in [5, 5.41) is 3.03. The van der Waals surface area contributed by atoms with Crippen molar-refractivity contribution in [1.29, 1.82) is 0 Å². The van der Waals surface area contributed by atoms with E-state index in [1.54, 1.807) is 7.05 Å². The van der Waals surface area contributed by atoms with Crippen molar-refractivity contribution in [3.63, 3.8) is 0 Å². The summed E-state index contributed by atoms with van der Waals surface area (Å²) in [7, 11) is 5.61. The van der Waals surface area contributed by atoms with Crippen LogP contribution in [0.5, 0.6) is 0 Å². The molecule has 0 heterocycles. The summed E-state index contributed by atoms with van der Waals surface area (Å²) in [6, 6.07) is 3.53. The Bertz CT molecular complexity index is 306. The van der Waals surface area contributed by atoms with Crippen molar-refractivity contribution in [2.24, 2.45) is 0 Å². The number of halogens is 2. The molecule has 0 aliphatic carbocycles. The van der Waals surface area contributed by atoms with Gasteiger partial charge in [-0.3, -0.25) is 0 Å². The van der Waals surface area contributed by atoms with Crippen LogP contribution in [0.15, 0.2) is 18.2 Å². The zero-order valence-electron chi connectivity index (χ0n) is 9.22. The van der Waals surface area contributed by atoms with Crippen LogP contribution in [0.4, 0.5) is 8.78 Å². The minimum Gasteiger partial charge on any atom is -0.312 e. The molecule has 15 heavy (non-hydrogen) atoms. The molecule has 0 aromatic heterocycles. The average Bonchev–Trinajstić information content (AvgIpc) is 2.12. The topological polar surface area (TPSA) is 15.3 Å². The second-order valence-electron chi connectivity index (χ2n) is 3.81. The molecule has 4 heteroatoms. The van der Waals surface area contributed by atoms with Gasteiger partial charge in [0.1, 0.15) is 11.6 Å². The Balaban J connectivity index is 2.91. The second-order valence-corrected chi connectivity index (χ2v) is 3.81. The molecule has 0 aliphatic heterocycles. The van der Waals surface area contributed by atoms with Gasteiger partial charge in [-0.25, -0.2) is 8.78 Å². The second kappa shape index (κ2) is 5.19. The number of benzene rings is 1. The highest BCUT2D eigenvalue weighted by Gasteiger charge is 2.12. The van der Waals surface area contributed by atoms with Crippen molar-refractivity contribution in [3.8, 4) is 0 Å². The van der Waals surface area contributed by atoms with E-state index in [2.05, 4.69) is 5.32 Å². The molecule has 0 fully saturated rings.